The third-order valence-electron chi connectivity index (χ3n) is 1.95. The number of rotatable bonds is 3. The molecule has 0 radical (unpaired) electrons. The zero-order valence-corrected chi connectivity index (χ0v) is 8.80. The minimum Gasteiger partial charge on any atom is -0.396 e. The molecule has 2 aromatic heterocycles. The van der Waals surface area contributed by atoms with E-state index in [0.29, 0.717) is 5.69 Å². The van der Waals surface area contributed by atoms with Gasteiger partial charge in [-0.2, -0.15) is 5.10 Å². The highest BCUT2D eigenvalue weighted by Crippen LogP contribution is 2.04. The fourth-order valence-electron chi connectivity index (χ4n) is 1.25. The van der Waals surface area contributed by atoms with Crippen molar-refractivity contribution in [3.8, 4) is 0 Å². The van der Waals surface area contributed by atoms with Gasteiger partial charge in [-0.15, -0.1) is 0 Å². The first-order valence-corrected chi connectivity index (χ1v) is 4.83. The molecular weight excluding hydrogens is 225 g/mol. The molecular formula is C10H10FN5O. The van der Waals surface area contributed by atoms with Crippen molar-refractivity contribution in [1.82, 2.24) is 14.8 Å². The second kappa shape index (κ2) is 4.60. The van der Waals surface area contributed by atoms with E-state index in [0.717, 1.165) is 6.20 Å². The van der Waals surface area contributed by atoms with E-state index in [1.165, 1.54) is 29.2 Å². The molecule has 0 aliphatic carbocycles. The lowest BCUT2D eigenvalue weighted by Gasteiger charge is -2.03. The quantitative estimate of drug-likeness (QED) is 0.817. The van der Waals surface area contributed by atoms with Crippen LogP contribution in [0.5, 0.6) is 0 Å². The molecule has 2 aromatic rings. The number of amides is 1. The van der Waals surface area contributed by atoms with E-state index in [-0.39, 0.29) is 18.3 Å². The first kappa shape index (κ1) is 11.1. The van der Waals surface area contributed by atoms with Gasteiger partial charge in [0, 0.05) is 6.20 Å². The van der Waals surface area contributed by atoms with E-state index in [4.69, 9.17) is 5.73 Å². The van der Waals surface area contributed by atoms with Crippen LogP contribution in [0.15, 0.2) is 30.7 Å². The maximum Gasteiger partial charge on any atom is 0.247 e. The van der Waals surface area contributed by atoms with Crippen molar-refractivity contribution in [1.29, 1.82) is 0 Å². The second-order valence-corrected chi connectivity index (χ2v) is 3.38. The van der Waals surface area contributed by atoms with Gasteiger partial charge in [0.15, 0.2) is 0 Å². The Bertz CT molecular complexity index is 522. The van der Waals surface area contributed by atoms with E-state index in [1.54, 1.807) is 0 Å². The highest BCUT2D eigenvalue weighted by atomic mass is 19.1. The topological polar surface area (TPSA) is 85.8 Å². The fourth-order valence-corrected chi connectivity index (χ4v) is 1.25. The number of hydrogen-bond donors (Lipinski definition) is 2. The summed E-state index contributed by atoms with van der Waals surface area (Å²) in [6, 6.07) is 2.60. The molecule has 6 nitrogen and oxygen atoms in total. The zero-order chi connectivity index (χ0) is 12.3. The van der Waals surface area contributed by atoms with Crippen molar-refractivity contribution in [3.63, 3.8) is 0 Å². The summed E-state index contributed by atoms with van der Waals surface area (Å²) in [5, 5.41) is 6.37. The van der Waals surface area contributed by atoms with E-state index in [2.05, 4.69) is 15.4 Å². The molecule has 0 aliphatic heterocycles. The smallest absolute Gasteiger partial charge is 0.247 e. The molecule has 7 heteroatoms. The van der Waals surface area contributed by atoms with Crippen LogP contribution < -0.4 is 11.1 Å². The minimum atomic E-state index is -0.456. The van der Waals surface area contributed by atoms with Crippen LogP contribution in [-0.4, -0.2) is 20.7 Å². The maximum absolute atomic E-state index is 12.6. The number of aromatic nitrogens is 3. The number of nitrogens with two attached hydrogens (primary N) is 1. The Morgan fingerprint density at radius 1 is 1.47 bits per heavy atom. The number of nitrogens with one attached hydrogen (secondary N) is 1. The maximum atomic E-state index is 12.6. The molecule has 0 aliphatic rings. The third kappa shape index (κ3) is 3.00. The predicted molar refractivity (Wildman–Crippen MR) is 59.5 cm³/mol. The molecule has 17 heavy (non-hydrogen) atoms. The normalized spacial score (nSPS) is 10.2. The standard InChI is InChI=1S/C10H10FN5O/c11-7-1-2-9(13-3-7)15-10(17)6-16-5-8(12)4-14-16/h1-5H,6,12H2,(H,13,15,17). The zero-order valence-electron chi connectivity index (χ0n) is 8.80. The lowest BCUT2D eigenvalue weighted by molar-refractivity contribution is -0.116. The first-order valence-electron chi connectivity index (χ1n) is 4.83. The van der Waals surface area contributed by atoms with Crippen LogP contribution in [0.4, 0.5) is 15.9 Å². The van der Waals surface area contributed by atoms with Gasteiger partial charge < -0.3 is 11.1 Å². The van der Waals surface area contributed by atoms with Crippen LogP contribution in [-0.2, 0) is 11.3 Å². The Kier molecular flexibility index (Phi) is 2.99. The van der Waals surface area contributed by atoms with E-state index in [9.17, 15) is 9.18 Å². The largest absolute Gasteiger partial charge is 0.396 e. The number of anilines is 2. The number of halogens is 1. The van der Waals surface area contributed by atoms with Crippen LogP contribution in [0.1, 0.15) is 0 Å². The van der Waals surface area contributed by atoms with Crippen LogP contribution in [0.2, 0.25) is 0 Å². The summed E-state index contributed by atoms with van der Waals surface area (Å²) in [5.74, 6) is -0.480. The molecule has 0 unspecified atom stereocenters. The first-order chi connectivity index (χ1) is 8.13. The highest BCUT2D eigenvalue weighted by Gasteiger charge is 2.05. The Labute approximate surface area is 96.3 Å². The van der Waals surface area contributed by atoms with Crippen molar-refractivity contribution in [2.24, 2.45) is 0 Å². The summed E-state index contributed by atoms with van der Waals surface area (Å²) in [7, 11) is 0. The van der Waals surface area contributed by atoms with Gasteiger partial charge in [0.25, 0.3) is 0 Å². The predicted octanol–water partition coefficient (Wildman–Crippen LogP) is 0.638. The molecule has 0 atom stereocenters. The van der Waals surface area contributed by atoms with Crippen molar-refractivity contribution in [3.05, 3.63) is 36.5 Å². The Hall–Kier alpha value is -2.44. The van der Waals surface area contributed by atoms with Crippen molar-refractivity contribution < 1.29 is 9.18 Å². The van der Waals surface area contributed by atoms with Crippen molar-refractivity contribution in [2.75, 3.05) is 11.1 Å². The van der Waals surface area contributed by atoms with E-state index >= 15 is 0 Å². The Morgan fingerprint density at radius 3 is 2.88 bits per heavy atom. The molecule has 0 aromatic carbocycles. The van der Waals surface area contributed by atoms with Gasteiger partial charge in [0.2, 0.25) is 5.91 Å². The van der Waals surface area contributed by atoms with Gasteiger partial charge >= 0.3 is 0 Å². The minimum absolute atomic E-state index is 0.0241. The van der Waals surface area contributed by atoms with Gasteiger partial charge in [-0.05, 0) is 12.1 Å². The van der Waals surface area contributed by atoms with Gasteiger partial charge in [-0.3, -0.25) is 9.48 Å². The van der Waals surface area contributed by atoms with Gasteiger partial charge in [-0.25, -0.2) is 9.37 Å². The van der Waals surface area contributed by atoms with Crippen LogP contribution in [0.3, 0.4) is 0 Å². The summed E-state index contributed by atoms with van der Waals surface area (Å²) in [6.07, 6.45) is 4.02. The SMILES string of the molecule is Nc1cnn(CC(=O)Nc2ccc(F)cn2)c1. The van der Waals surface area contributed by atoms with Crippen molar-refractivity contribution in [2.45, 2.75) is 6.54 Å². The fraction of sp³-hybridized carbons (Fsp3) is 0.100. The van der Waals surface area contributed by atoms with Gasteiger partial charge in [0.05, 0.1) is 18.1 Å². The molecule has 0 bridgehead atoms. The average Bonchev–Trinajstić information content (AvgIpc) is 2.67. The monoisotopic (exact) mass is 235 g/mol. The van der Waals surface area contributed by atoms with Gasteiger partial charge in [-0.1, -0.05) is 0 Å². The number of nitrogen functional groups attached to an aromatic ring is 1. The summed E-state index contributed by atoms with van der Waals surface area (Å²) < 4.78 is 14.0. The molecule has 2 rings (SSSR count). The number of nitrogens with zero attached hydrogens (tertiary/aromatic N) is 3. The molecule has 88 valence electrons. The molecule has 0 saturated heterocycles. The van der Waals surface area contributed by atoms with Crippen molar-refractivity contribution >= 4 is 17.4 Å². The molecule has 2 heterocycles. The second-order valence-electron chi connectivity index (χ2n) is 3.38. The Balaban J connectivity index is 1.95. The summed E-state index contributed by atoms with van der Waals surface area (Å²) in [6.45, 7) is 0.0241. The lowest BCUT2D eigenvalue weighted by Crippen LogP contribution is -2.19. The van der Waals surface area contributed by atoms with Crippen LogP contribution >= 0.6 is 0 Å². The van der Waals surface area contributed by atoms with Crippen LogP contribution in [0, 0.1) is 5.82 Å². The van der Waals surface area contributed by atoms with Crippen LogP contribution in [0.25, 0.3) is 0 Å². The van der Waals surface area contributed by atoms with Gasteiger partial charge in [0.1, 0.15) is 18.2 Å². The van der Waals surface area contributed by atoms with E-state index in [1.807, 2.05) is 0 Å². The lowest BCUT2D eigenvalue weighted by atomic mass is 10.4. The molecule has 1 amide bonds. The number of hydrogen-bond acceptors (Lipinski definition) is 4. The third-order valence-corrected chi connectivity index (χ3v) is 1.95. The molecule has 0 spiro atoms. The van der Waals surface area contributed by atoms with E-state index < -0.39 is 5.82 Å². The summed E-state index contributed by atoms with van der Waals surface area (Å²) in [4.78, 5) is 15.2. The number of carbonyl (C=O) groups is 1. The highest BCUT2D eigenvalue weighted by molar-refractivity contribution is 5.89. The molecule has 3 N–H and O–H groups in total. The molecule has 0 fully saturated rings. The average molecular weight is 235 g/mol. The Morgan fingerprint density at radius 2 is 2.29 bits per heavy atom. The summed E-state index contributed by atoms with van der Waals surface area (Å²) in [5.41, 5.74) is 5.94. The molecule has 0 saturated carbocycles. The number of pyridine rings is 1. The summed E-state index contributed by atoms with van der Waals surface area (Å²) >= 11 is 0. The number of carbonyl (C=O) groups excluding carboxylic acids is 1.